The Balaban J connectivity index is 2.28. The minimum atomic E-state index is -0.743. The number of para-hydroxylation sites is 1. The fraction of sp³-hybridized carbons (Fsp3) is 0.143. The van der Waals surface area contributed by atoms with Gasteiger partial charge in [-0.3, -0.25) is 10.1 Å². The Morgan fingerprint density at radius 3 is 2.62 bits per heavy atom. The predicted octanol–water partition coefficient (Wildman–Crippen LogP) is 4.39. The third kappa shape index (κ3) is 3.82. The average Bonchev–Trinajstić information content (AvgIpc) is 2.47. The molecule has 0 amide bonds. The number of nitro benzene ring substituents is 1. The van der Waals surface area contributed by atoms with Gasteiger partial charge in [0, 0.05) is 12.1 Å². The number of alkyl halides is 1. The normalized spacial score (nSPS) is 10.2. The quantitative estimate of drug-likeness (QED) is 0.586. The van der Waals surface area contributed by atoms with E-state index in [2.05, 4.69) is 0 Å². The van der Waals surface area contributed by atoms with Crippen LogP contribution in [0.15, 0.2) is 42.5 Å². The van der Waals surface area contributed by atoms with E-state index in [9.17, 15) is 14.5 Å². The van der Waals surface area contributed by atoms with Crippen LogP contribution in [0, 0.1) is 10.1 Å². The molecule has 0 atom stereocenters. The van der Waals surface area contributed by atoms with Crippen molar-refractivity contribution in [2.45, 2.75) is 0 Å². The smallest absolute Gasteiger partial charge is 0.311 e. The second-order valence-corrected chi connectivity index (χ2v) is 4.36. The number of nitrogens with zero attached hydrogens (tertiary/aromatic N) is 1. The van der Waals surface area contributed by atoms with Crippen molar-refractivity contribution in [3.63, 3.8) is 0 Å². The van der Waals surface area contributed by atoms with Crippen LogP contribution in [0.2, 0.25) is 5.02 Å². The summed E-state index contributed by atoms with van der Waals surface area (Å²) in [5.41, 5.74) is -0.255. The Bertz CT molecular complexity index is 651. The lowest BCUT2D eigenvalue weighted by Gasteiger charge is -2.10. The Hall–Kier alpha value is -2.34. The number of hydrogen-bond acceptors (Lipinski definition) is 4. The molecule has 7 heteroatoms. The Kier molecular flexibility index (Phi) is 4.94. The van der Waals surface area contributed by atoms with Crippen molar-refractivity contribution in [3.8, 4) is 17.2 Å². The van der Waals surface area contributed by atoms with Gasteiger partial charge in [-0.05, 0) is 18.2 Å². The van der Waals surface area contributed by atoms with Crippen molar-refractivity contribution < 1.29 is 18.8 Å². The molecule has 2 rings (SSSR count). The molecule has 0 heterocycles. The molecule has 0 bridgehead atoms. The third-order valence-electron chi connectivity index (χ3n) is 2.53. The summed E-state index contributed by atoms with van der Waals surface area (Å²) >= 11 is 5.97. The molecule has 0 aliphatic rings. The number of benzene rings is 2. The zero-order chi connectivity index (χ0) is 15.2. The van der Waals surface area contributed by atoms with E-state index in [4.69, 9.17) is 21.1 Å². The standard InChI is InChI=1S/C14H11ClFNO4/c15-11-3-1-2-4-13(11)21-10-5-6-12(17(18)19)14(9-10)20-8-7-16/h1-6,9H,7-8H2. The van der Waals surface area contributed by atoms with E-state index in [0.29, 0.717) is 16.5 Å². The van der Waals surface area contributed by atoms with Gasteiger partial charge in [-0.15, -0.1) is 0 Å². The maximum atomic E-state index is 12.2. The fourth-order valence-electron chi connectivity index (χ4n) is 1.63. The van der Waals surface area contributed by atoms with Gasteiger partial charge in [-0.25, -0.2) is 4.39 Å². The molecular weight excluding hydrogens is 301 g/mol. The van der Waals surface area contributed by atoms with Crippen LogP contribution >= 0.6 is 11.6 Å². The van der Waals surface area contributed by atoms with Crippen LogP contribution < -0.4 is 9.47 Å². The van der Waals surface area contributed by atoms with Crippen LogP contribution in [0.4, 0.5) is 10.1 Å². The van der Waals surface area contributed by atoms with Gasteiger partial charge in [0.1, 0.15) is 24.8 Å². The van der Waals surface area contributed by atoms with Gasteiger partial charge in [0.25, 0.3) is 0 Å². The van der Waals surface area contributed by atoms with Crippen molar-refractivity contribution in [2.24, 2.45) is 0 Å². The topological polar surface area (TPSA) is 61.6 Å². The molecule has 0 aromatic heterocycles. The summed E-state index contributed by atoms with van der Waals surface area (Å²) in [6.07, 6.45) is 0. The van der Waals surface area contributed by atoms with Gasteiger partial charge < -0.3 is 9.47 Å². The Morgan fingerprint density at radius 2 is 1.95 bits per heavy atom. The number of nitro groups is 1. The monoisotopic (exact) mass is 311 g/mol. The molecule has 0 radical (unpaired) electrons. The lowest BCUT2D eigenvalue weighted by Crippen LogP contribution is -2.02. The van der Waals surface area contributed by atoms with Crippen LogP contribution in [-0.4, -0.2) is 18.2 Å². The summed E-state index contributed by atoms with van der Waals surface area (Å²) in [6.45, 7) is -1.01. The molecule has 21 heavy (non-hydrogen) atoms. The number of ether oxygens (including phenoxy) is 2. The van der Waals surface area contributed by atoms with Gasteiger partial charge >= 0.3 is 5.69 Å². The molecule has 0 spiro atoms. The van der Waals surface area contributed by atoms with Crippen LogP contribution in [0.3, 0.4) is 0 Å². The zero-order valence-corrected chi connectivity index (χ0v) is 11.5. The molecule has 0 N–H and O–H groups in total. The SMILES string of the molecule is O=[N+]([O-])c1ccc(Oc2ccccc2Cl)cc1OCCF. The van der Waals surface area contributed by atoms with E-state index in [0.717, 1.165) is 0 Å². The number of hydrogen-bond donors (Lipinski definition) is 0. The van der Waals surface area contributed by atoms with E-state index in [1.807, 2.05) is 0 Å². The Morgan fingerprint density at radius 1 is 1.19 bits per heavy atom. The summed E-state index contributed by atoms with van der Waals surface area (Å²) in [4.78, 5) is 10.3. The van der Waals surface area contributed by atoms with Crippen LogP contribution in [-0.2, 0) is 0 Å². The van der Waals surface area contributed by atoms with Crippen molar-refractivity contribution in [3.05, 3.63) is 57.6 Å². The summed E-state index contributed by atoms with van der Waals surface area (Å²) in [7, 11) is 0. The van der Waals surface area contributed by atoms with Gasteiger partial charge in [-0.1, -0.05) is 23.7 Å². The lowest BCUT2D eigenvalue weighted by atomic mass is 10.2. The highest BCUT2D eigenvalue weighted by Crippen LogP contribution is 2.35. The van der Waals surface area contributed by atoms with Gasteiger partial charge in [0.2, 0.25) is 5.75 Å². The first kappa shape index (κ1) is 15.1. The second kappa shape index (κ2) is 6.90. The van der Waals surface area contributed by atoms with Crippen molar-refractivity contribution in [2.75, 3.05) is 13.3 Å². The summed E-state index contributed by atoms with van der Waals surface area (Å²) in [5, 5.41) is 11.3. The molecule has 2 aromatic rings. The maximum Gasteiger partial charge on any atom is 0.311 e. The minimum Gasteiger partial charge on any atom is -0.484 e. The maximum absolute atomic E-state index is 12.2. The minimum absolute atomic E-state index is 0.0535. The molecule has 0 saturated carbocycles. The molecule has 0 aliphatic carbocycles. The molecular formula is C14H11ClFNO4. The van der Waals surface area contributed by atoms with Gasteiger partial charge in [0.05, 0.1) is 9.95 Å². The van der Waals surface area contributed by atoms with Crippen LogP contribution in [0.1, 0.15) is 0 Å². The summed E-state index contributed by atoms with van der Waals surface area (Å²) in [6, 6.07) is 10.8. The van der Waals surface area contributed by atoms with E-state index in [1.54, 1.807) is 24.3 Å². The fourth-order valence-corrected chi connectivity index (χ4v) is 1.80. The van der Waals surface area contributed by atoms with Crippen LogP contribution in [0.25, 0.3) is 0 Å². The van der Waals surface area contributed by atoms with E-state index >= 15 is 0 Å². The summed E-state index contributed by atoms with van der Waals surface area (Å²) < 4.78 is 22.7. The van der Waals surface area contributed by atoms with Crippen molar-refractivity contribution in [1.82, 2.24) is 0 Å². The first-order valence-corrected chi connectivity index (χ1v) is 6.39. The average molecular weight is 312 g/mol. The molecule has 0 unspecified atom stereocenters. The van der Waals surface area contributed by atoms with E-state index in [-0.39, 0.29) is 18.0 Å². The van der Waals surface area contributed by atoms with E-state index < -0.39 is 11.6 Å². The van der Waals surface area contributed by atoms with Gasteiger partial charge in [-0.2, -0.15) is 0 Å². The third-order valence-corrected chi connectivity index (χ3v) is 2.84. The second-order valence-electron chi connectivity index (χ2n) is 3.96. The Labute approximate surface area is 125 Å². The summed E-state index contributed by atoms with van der Waals surface area (Å²) in [5.74, 6) is 0.661. The zero-order valence-electron chi connectivity index (χ0n) is 10.8. The first-order valence-electron chi connectivity index (χ1n) is 6.01. The highest BCUT2D eigenvalue weighted by molar-refractivity contribution is 6.32. The molecule has 5 nitrogen and oxygen atoms in total. The highest BCUT2D eigenvalue weighted by Gasteiger charge is 2.16. The van der Waals surface area contributed by atoms with Crippen molar-refractivity contribution >= 4 is 17.3 Å². The lowest BCUT2D eigenvalue weighted by molar-refractivity contribution is -0.385. The first-order chi connectivity index (χ1) is 10.1. The molecule has 0 saturated heterocycles. The highest BCUT2D eigenvalue weighted by atomic mass is 35.5. The predicted molar refractivity (Wildman–Crippen MR) is 76.1 cm³/mol. The largest absolute Gasteiger partial charge is 0.484 e. The molecule has 0 fully saturated rings. The molecule has 110 valence electrons. The van der Waals surface area contributed by atoms with Crippen molar-refractivity contribution in [1.29, 1.82) is 0 Å². The van der Waals surface area contributed by atoms with E-state index in [1.165, 1.54) is 18.2 Å². The van der Waals surface area contributed by atoms with Crippen LogP contribution in [0.5, 0.6) is 17.2 Å². The molecule has 0 aliphatic heterocycles. The molecule has 2 aromatic carbocycles. The number of rotatable bonds is 6. The van der Waals surface area contributed by atoms with Gasteiger partial charge in [0.15, 0.2) is 0 Å². The number of halogens is 2.